The first-order valence-electron chi connectivity index (χ1n) is 6.48. The van der Waals surface area contributed by atoms with E-state index in [0.717, 1.165) is 12.0 Å². The highest BCUT2D eigenvalue weighted by Crippen LogP contribution is 2.46. The summed E-state index contributed by atoms with van der Waals surface area (Å²) < 4.78 is 5.57. The Bertz CT molecular complexity index is 589. The van der Waals surface area contributed by atoms with Crippen molar-refractivity contribution in [2.45, 2.75) is 31.3 Å². The van der Waals surface area contributed by atoms with Crippen LogP contribution in [0.15, 0.2) is 30.4 Å². The number of amides is 1. The molecule has 2 rings (SSSR count). The maximum absolute atomic E-state index is 12.0. The van der Waals surface area contributed by atoms with Gasteiger partial charge in [0.05, 0.1) is 6.42 Å². The van der Waals surface area contributed by atoms with E-state index < -0.39 is 17.5 Å². The molecule has 0 spiro atoms. The highest BCUT2D eigenvalue weighted by Gasteiger charge is 2.43. The number of nitrogens with two attached hydrogens (primary N) is 1. The van der Waals surface area contributed by atoms with E-state index in [-0.39, 0.29) is 12.0 Å². The molecule has 0 aliphatic heterocycles. The molecule has 4 nitrogen and oxygen atoms in total. The number of benzene rings is 1. The van der Waals surface area contributed by atoms with Crippen LogP contribution in [0.4, 0.5) is 0 Å². The van der Waals surface area contributed by atoms with Crippen LogP contribution in [0.2, 0.25) is 10.0 Å². The standard InChI is InChI=1S/C15H15Cl2NO3/c1-9(14(18)20)5-13(19)21-15(3-2-4-15)10-6-11(16)8-12(17)7-10/h6-8H,1-5H2,(H2,18,20). The fourth-order valence-electron chi connectivity index (χ4n) is 2.28. The van der Waals surface area contributed by atoms with Crippen molar-refractivity contribution in [3.05, 3.63) is 46.0 Å². The zero-order chi connectivity index (χ0) is 15.6. The molecular formula is C15H15Cl2NO3. The summed E-state index contributed by atoms with van der Waals surface area (Å²) in [7, 11) is 0. The van der Waals surface area contributed by atoms with Crippen LogP contribution < -0.4 is 5.73 Å². The second-order valence-electron chi connectivity index (χ2n) is 5.12. The molecule has 1 aromatic carbocycles. The van der Waals surface area contributed by atoms with E-state index in [2.05, 4.69) is 6.58 Å². The summed E-state index contributed by atoms with van der Waals surface area (Å²) in [6, 6.07) is 5.10. The maximum Gasteiger partial charge on any atom is 0.311 e. The monoisotopic (exact) mass is 327 g/mol. The van der Waals surface area contributed by atoms with Gasteiger partial charge in [-0.2, -0.15) is 0 Å². The normalized spacial score (nSPS) is 15.9. The van der Waals surface area contributed by atoms with Gasteiger partial charge in [-0.15, -0.1) is 0 Å². The summed E-state index contributed by atoms with van der Waals surface area (Å²) in [6.07, 6.45) is 2.11. The SMILES string of the molecule is C=C(CC(=O)OC1(c2cc(Cl)cc(Cl)c2)CCC1)C(N)=O. The number of hydrogen-bond acceptors (Lipinski definition) is 3. The Morgan fingerprint density at radius 1 is 1.24 bits per heavy atom. The van der Waals surface area contributed by atoms with E-state index in [4.69, 9.17) is 33.7 Å². The van der Waals surface area contributed by atoms with E-state index in [9.17, 15) is 9.59 Å². The Morgan fingerprint density at radius 3 is 2.24 bits per heavy atom. The van der Waals surface area contributed by atoms with Crippen LogP contribution in [0.5, 0.6) is 0 Å². The van der Waals surface area contributed by atoms with Crippen LogP contribution in [0, 0.1) is 0 Å². The minimum atomic E-state index is -0.719. The minimum absolute atomic E-state index is 0.0265. The van der Waals surface area contributed by atoms with E-state index >= 15 is 0 Å². The highest BCUT2D eigenvalue weighted by molar-refractivity contribution is 6.34. The zero-order valence-corrected chi connectivity index (χ0v) is 12.8. The smallest absolute Gasteiger partial charge is 0.311 e. The van der Waals surface area contributed by atoms with E-state index in [1.165, 1.54) is 0 Å². The second kappa shape index (κ2) is 6.08. The molecule has 1 saturated carbocycles. The summed E-state index contributed by atoms with van der Waals surface area (Å²) in [6.45, 7) is 3.45. The van der Waals surface area contributed by atoms with Gasteiger partial charge in [0.15, 0.2) is 0 Å². The van der Waals surface area contributed by atoms with Crippen LogP contribution >= 0.6 is 23.2 Å². The van der Waals surface area contributed by atoms with Crippen molar-refractivity contribution in [3.63, 3.8) is 0 Å². The lowest BCUT2D eigenvalue weighted by molar-refractivity contribution is -0.171. The number of primary amides is 1. The predicted octanol–water partition coefficient (Wildman–Crippen LogP) is 3.35. The molecule has 1 aromatic rings. The van der Waals surface area contributed by atoms with Crippen molar-refractivity contribution < 1.29 is 14.3 Å². The summed E-state index contributed by atoms with van der Waals surface area (Å²) in [5, 5.41) is 0.975. The van der Waals surface area contributed by atoms with Crippen molar-refractivity contribution >= 4 is 35.1 Å². The van der Waals surface area contributed by atoms with Crippen LogP contribution in [0.25, 0.3) is 0 Å². The average Bonchev–Trinajstić information content (AvgIpc) is 2.32. The van der Waals surface area contributed by atoms with Crippen molar-refractivity contribution in [2.75, 3.05) is 0 Å². The molecule has 1 amide bonds. The van der Waals surface area contributed by atoms with Gasteiger partial charge in [-0.05, 0) is 43.0 Å². The molecular weight excluding hydrogens is 313 g/mol. The number of ether oxygens (including phenoxy) is 1. The summed E-state index contributed by atoms with van der Waals surface area (Å²) >= 11 is 12.0. The van der Waals surface area contributed by atoms with Gasteiger partial charge < -0.3 is 10.5 Å². The van der Waals surface area contributed by atoms with E-state index in [1.807, 2.05) is 0 Å². The number of halogens is 2. The quantitative estimate of drug-likeness (QED) is 0.666. The molecule has 6 heteroatoms. The first-order chi connectivity index (χ1) is 9.82. The molecule has 0 heterocycles. The largest absolute Gasteiger partial charge is 0.454 e. The molecule has 1 aliphatic carbocycles. The van der Waals surface area contributed by atoms with Crippen LogP contribution in [-0.2, 0) is 19.9 Å². The number of esters is 1. The Labute approximate surface area is 132 Å². The molecule has 2 N–H and O–H groups in total. The van der Waals surface area contributed by atoms with Crippen molar-refractivity contribution in [1.82, 2.24) is 0 Å². The molecule has 1 fully saturated rings. The Morgan fingerprint density at radius 2 is 1.81 bits per heavy atom. The molecule has 0 saturated heterocycles. The lowest BCUT2D eigenvalue weighted by atomic mass is 9.75. The predicted molar refractivity (Wildman–Crippen MR) is 81.0 cm³/mol. The molecule has 0 unspecified atom stereocenters. The maximum atomic E-state index is 12.0. The molecule has 0 bridgehead atoms. The minimum Gasteiger partial charge on any atom is -0.454 e. The number of rotatable bonds is 5. The van der Waals surface area contributed by atoms with Gasteiger partial charge >= 0.3 is 5.97 Å². The first-order valence-corrected chi connectivity index (χ1v) is 7.24. The van der Waals surface area contributed by atoms with Gasteiger partial charge in [0.1, 0.15) is 5.60 Å². The van der Waals surface area contributed by atoms with E-state index in [0.29, 0.717) is 22.9 Å². The van der Waals surface area contributed by atoms with Crippen LogP contribution in [-0.4, -0.2) is 11.9 Å². The van der Waals surface area contributed by atoms with Gasteiger partial charge in [-0.25, -0.2) is 0 Å². The lowest BCUT2D eigenvalue weighted by Gasteiger charge is -2.41. The van der Waals surface area contributed by atoms with Crippen LogP contribution in [0.1, 0.15) is 31.2 Å². The Hall–Kier alpha value is -1.52. The summed E-state index contributed by atoms with van der Waals surface area (Å²) in [4.78, 5) is 22.9. The fourth-order valence-corrected chi connectivity index (χ4v) is 2.81. The molecule has 21 heavy (non-hydrogen) atoms. The van der Waals surface area contributed by atoms with Crippen molar-refractivity contribution in [1.29, 1.82) is 0 Å². The highest BCUT2D eigenvalue weighted by atomic mass is 35.5. The summed E-state index contributed by atoms with van der Waals surface area (Å²) in [5.74, 6) is -1.24. The Balaban J connectivity index is 2.16. The average molecular weight is 328 g/mol. The van der Waals surface area contributed by atoms with E-state index in [1.54, 1.807) is 18.2 Å². The third-order valence-electron chi connectivity index (χ3n) is 3.57. The topological polar surface area (TPSA) is 69.4 Å². The summed E-state index contributed by atoms with van der Waals surface area (Å²) in [5.41, 5.74) is 5.14. The number of carbonyl (C=O) groups excluding carboxylic acids is 2. The number of carbonyl (C=O) groups is 2. The molecule has 0 aromatic heterocycles. The second-order valence-corrected chi connectivity index (χ2v) is 6.00. The van der Waals surface area contributed by atoms with Gasteiger partial charge in [-0.3, -0.25) is 9.59 Å². The fraction of sp³-hybridized carbons (Fsp3) is 0.333. The Kier molecular flexibility index (Phi) is 4.59. The lowest BCUT2D eigenvalue weighted by Crippen LogP contribution is -2.39. The molecule has 0 radical (unpaired) electrons. The molecule has 112 valence electrons. The zero-order valence-electron chi connectivity index (χ0n) is 11.3. The molecule has 0 atom stereocenters. The van der Waals surface area contributed by atoms with Crippen molar-refractivity contribution in [2.24, 2.45) is 5.73 Å². The van der Waals surface area contributed by atoms with Gasteiger partial charge in [-0.1, -0.05) is 29.8 Å². The van der Waals surface area contributed by atoms with Crippen molar-refractivity contribution in [3.8, 4) is 0 Å². The van der Waals surface area contributed by atoms with Crippen LogP contribution in [0.3, 0.4) is 0 Å². The third kappa shape index (κ3) is 3.57. The van der Waals surface area contributed by atoms with Gasteiger partial charge in [0.2, 0.25) is 5.91 Å². The first kappa shape index (κ1) is 15.9. The van der Waals surface area contributed by atoms with Gasteiger partial charge in [0, 0.05) is 15.6 Å². The third-order valence-corrected chi connectivity index (χ3v) is 4.00. The van der Waals surface area contributed by atoms with Gasteiger partial charge in [0.25, 0.3) is 0 Å². The number of hydrogen-bond donors (Lipinski definition) is 1. The molecule has 1 aliphatic rings.